The number of rotatable bonds is 5. The van der Waals surface area contributed by atoms with Crippen LogP contribution in [-0.4, -0.2) is 30.8 Å². The summed E-state index contributed by atoms with van der Waals surface area (Å²) in [5, 5.41) is 2.86. The first kappa shape index (κ1) is 19.7. The highest BCUT2D eigenvalue weighted by Crippen LogP contribution is 2.38. The molecule has 0 aliphatic carbocycles. The highest BCUT2D eigenvalue weighted by atomic mass is 16.7. The molecule has 0 saturated carbocycles. The van der Waals surface area contributed by atoms with Crippen molar-refractivity contribution in [3.8, 4) is 0 Å². The second-order valence-corrected chi connectivity index (χ2v) is 8.04. The Hall–Kier alpha value is -1.59. The van der Waals surface area contributed by atoms with Gasteiger partial charge in [-0.05, 0) is 50.2 Å². The number of carbonyl (C=O) groups excluding carboxylic acids is 1. The zero-order valence-electron chi connectivity index (χ0n) is 16.5. The molecule has 0 aromatic heterocycles. The van der Waals surface area contributed by atoms with Gasteiger partial charge in [-0.25, -0.2) is 0 Å². The quantitative estimate of drug-likeness (QED) is 0.823. The zero-order chi connectivity index (χ0) is 18.8. The third kappa shape index (κ3) is 4.74. The van der Waals surface area contributed by atoms with Crippen LogP contribution in [0.5, 0.6) is 0 Å². The molecule has 0 atom stereocenters. The molecule has 0 unspecified atom stereocenters. The topological polar surface area (TPSA) is 47.6 Å². The molecule has 136 valence electrons. The maximum absolute atomic E-state index is 11.4. The van der Waals surface area contributed by atoms with Gasteiger partial charge in [0.25, 0.3) is 0 Å². The Morgan fingerprint density at radius 3 is 2.08 bits per heavy atom. The predicted octanol–water partition coefficient (Wildman–Crippen LogP) is 3.96. The molecule has 1 heterocycles. The van der Waals surface area contributed by atoms with Crippen molar-refractivity contribution in [1.29, 1.82) is 0 Å². The predicted molar refractivity (Wildman–Crippen MR) is 103 cm³/mol. The van der Waals surface area contributed by atoms with Crippen molar-refractivity contribution >= 4 is 19.1 Å². The van der Waals surface area contributed by atoms with Crippen molar-refractivity contribution in [3.05, 3.63) is 40.9 Å². The lowest BCUT2D eigenvalue weighted by molar-refractivity contribution is -0.118. The lowest BCUT2D eigenvalue weighted by Gasteiger charge is -2.32. The van der Waals surface area contributed by atoms with Crippen LogP contribution in [0, 0.1) is 0 Å². The minimum atomic E-state index is -0.471. The summed E-state index contributed by atoms with van der Waals surface area (Å²) in [5.41, 5.74) is 2.46. The average molecular weight is 343 g/mol. The van der Waals surface area contributed by atoms with Crippen LogP contribution in [0.4, 0.5) is 0 Å². The molecule has 0 bridgehead atoms. The van der Waals surface area contributed by atoms with Gasteiger partial charge in [0, 0.05) is 13.5 Å². The number of hydrogen-bond donors (Lipinski definition) is 1. The molecule has 1 aliphatic rings. The first-order valence-electron chi connectivity index (χ1n) is 8.92. The van der Waals surface area contributed by atoms with Gasteiger partial charge in [-0.15, -0.1) is 0 Å². The van der Waals surface area contributed by atoms with Gasteiger partial charge in [-0.2, -0.15) is 0 Å². The van der Waals surface area contributed by atoms with Gasteiger partial charge in [0.05, 0.1) is 11.2 Å². The first-order valence-corrected chi connectivity index (χ1v) is 8.92. The molecule has 1 N–H and O–H groups in total. The van der Waals surface area contributed by atoms with E-state index in [-0.39, 0.29) is 5.91 Å². The minimum absolute atomic E-state index is 0.0717. The lowest BCUT2D eigenvalue weighted by atomic mass is 9.77. The summed E-state index contributed by atoms with van der Waals surface area (Å²) in [6, 6.07) is 8.45. The number of hydrogen-bond acceptors (Lipinski definition) is 3. The van der Waals surface area contributed by atoms with E-state index in [4.69, 9.17) is 9.31 Å². The number of amides is 1. The molecule has 0 radical (unpaired) electrons. The Balaban J connectivity index is 2.28. The first-order chi connectivity index (χ1) is 11.5. The average Bonchev–Trinajstić information content (AvgIpc) is 2.72. The van der Waals surface area contributed by atoms with Gasteiger partial charge in [-0.3, -0.25) is 4.79 Å². The van der Waals surface area contributed by atoms with Crippen LogP contribution in [0.2, 0.25) is 0 Å². The lowest BCUT2D eigenvalue weighted by Crippen LogP contribution is -2.41. The van der Waals surface area contributed by atoms with E-state index in [9.17, 15) is 4.79 Å². The third-order valence-electron chi connectivity index (χ3n) is 5.05. The van der Waals surface area contributed by atoms with Crippen molar-refractivity contribution in [1.82, 2.24) is 5.32 Å². The Bertz CT molecular complexity index is 631. The maximum atomic E-state index is 11.4. The van der Waals surface area contributed by atoms with Gasteiger partial charge < -0.3 is 14.6 Å². The summed E-state index contributed by atoms with van der Waals surface area (Å²) in [4.78, 5) is 11.4. The summed E-state index contributed by atoms with van der Waals surface area (Å²) in [6.07, 6.45) is 2.04. The van der Waals surface area contributed by atoms with Gasteiger partial charge in [-0.1, -0.05) is 44.2 Å². The summed E-state index contributed by atoms with van der Waals surface area (Å²) in [7, 11) is -0.471. The second-order valence-electron chi connectivity index (χ2n) is 8.04. The minimum Gasteiger partial charge on any atom is -0.400 e. The molecule has 25 heavy (non-hydrogen) atoms. The second kappa shape index (κ2) is 7.34. The summed E-state index contributed by atoms with van der Waals surface area (Å²) in [6.45, 7) is 14.4. The third-order valence-corrected chi connectivity index (χ3v) is 5.05. The molecule has 1 amide bonds. The standard InChI is InChI=1S/C20H30BNO3/c1-14(2)17-10-8-16(9-11-17)12-18(13-22-15(3)23)21-24-19(4,5)20(6,7)25-21/h8-12,14H,13H2,1-7H3,(H,22,23). The molecule has 5 heteroatoms. The van der Waals surface area contributed by atoms with Crippen molar-refractivity contribution in [3.63, 3.8) is 0 Å². The van der Waals surface area contributed by atoms with Crippen LogP contribution in [0.1, 0.15) is 65.5 Å². The van der Waals surface area contributed by atoms with Crippen molar-refractivity contribution in [2.45, 2.75) is 65.6 Å². The van der Waals surface area contributed by atoms with Crippen molar-refractivity contribution in [2.24, 2.45) is 0 Å². The normalized spacial score (nSPS) is 19.4. The zero-order valence-corrected chi connectivity index (χ0v) is 16.5. The van der Waals surface area contributed by atoms with Crippen LogP contribution in [0.25, 0.3) is 6.08 Å². The molecule has 1 fully saturated rings. The Morgan fingerprint density at radius 1 is 1.12 bits per heavy atom. The number of benzene rings is 1. The smallest absolute Gasteiger partial charge is 0.400 e. The van der Waals surface area contributed by atoms with Crippen LogP contribution >= 0.6 is 0 Å². The molecule has 4 nitrogen and oxygen atoms in total. The Labute approximate surface area is 152 Å². The van der Waals surface area contributed by atoms with E-state index >= 15 is 0 Å². The van der Waals surface area contributed by atoms with Crippen LogP contribution in [0.15, 0.2) is 29.7 Å². The largest absolute Gasteiger partial charge is 0.492 e. The van der Waals surface area contributed by atoms with Crippen molar-refractivity contribution in [2.75, 3.05) is 6.54 Å². The summed E-state index contributed by atoms with van der Waals surface area (Å²) >= 11 is 0. The van der Waals surface area contributed by atoms with Gasteiger partial charge >= 0.3 is 7.12 Å². The monoisotopic (exact) mass is 343 g/mol. The van der Waals surface area contributed by atoms with E-state index in [2.05, 4.69) is 43.4 Å². The van der Waals surface area contributed by atoms with E-state index in [0.717, 1.165) is 11.0 Å². The highest BCUT2D eigenvalue weighted by Gasteiger charge is 2.52. The maximum Gasteiger partial charge on any atom is 0.492 e. The molecule has 1 aromatic carbocycles. The molecule has 1 saturated heterocycles. The fraction of sp³-hybridized carbons (Fsp3) is 0.550. The van der Waals surface area contributed by atoms with Crippen molar-refractivity contribution < 1.29 is 14.1 Å². The Kier molecular flexibility index (Phi) is 5.80. The molecule has 2 rings (SSSR count). The van der Waals surface area contributed by atoms with Gasteiger partial charge in [0.15, 0.2) is 0 Å². The van der Waals surface area contributed by atoms with Crippen LogP contribution in [0.3, 0.4) is 0 Å². The summed E-state index contributed by atoms with van der Waals surface area (Å²) < 4.78 is 12.3. The molecule has 0 spiro atoms. The van der Waals surface area contributed by atoms with E-state index in [1.54, 1.807) is 0 Å². The SMILES string of the molecule is CC(=O)NCC(=Cc1ccc(C(C)C)cc1)B1OC(C)(C)C(C)(C)O1. The van der Waals surface area contributed by atoms with Gasteiger partial charge in [0.2, 0.25) is 5.91 Å². The fourth-order valence-corrected chi connectivity index (χ4v) is 2.61. The van der Waals surface area contributed by atoms with E-state index in [0.29, 0.717) is 12.5 Å². The molecular weight excluding hydrogens is 313 g/mol. The molecule has 1 aromatic rings. The molecular formula is C20H30BNO3. The number of nitrogens with one attached hydrogen (secondary N) is 1. The van der Waals surface area contributed by atoms with Gasteiger partial charge in [0.1, 0.15) is 0 Å². The molecule has 1 aliphatic heterocycles. The summed E-state index contributed by atoms with van der Waals surface area (Å²) in [5.74, 6) is 0.428. The van der Waals surface area contributed by atoms with Crippen LogP contribution < -0.4 is 5.32 Å². The highest BCUT2D eigenvalue weighted by molar-refractivity contribution is 6.56. The van der Waals surface area contributed by atoms with Crippen LogP contribution in [-0.2, 0) is 14.1 Å². The fourth-order valence-electron chi connectivity index (χ4n) is 2.61. The van der Waals surface area contributed by atoms with E-state index in [1.165, 1.54) is 12.5 Å². The van der Waals surface area contributed by atoms with E-state index in [1.807, 2.05) is 33.8 Å². The number of carbonyl (C=O) groups is 1. The van der Waals surface area contributed by atoms with E-state index < -0.39 is 18.3 Å². The Morgan fingerprint density at radius 2 is 1.64 bits per heavy atom.